The molecule has 1 unspecified atom stereocenters. The van der Waals surface area contributed by atoms with E-state index in [0.717, 1.165) is 5.56 Å². The topological polar surface area (TPSA) is 84.2 Å². The second kappa shape index (κ2) is 7.04. The van der Waals surface area contributed by atoms with Crippen LogP contribution in [0.4, 0.5) is 4.39 Å². The van der Waals surface area contributed by atoms with Gasteiger partial charge in [0.1, 0.15) is 11.6 Å². The number of amides is 2. The molecule has 0 spiro atoms. The number of nitrogens with zero attached hydrogens (tertiary/aromatic N) is 1. The molecule has 132 valence electrons. The van der Waals surface area contributed by atoms with Gasteiger partial charge in [0.15, 0.2) is 5.69 Å². The van der Waals surface area contributed by atoms with Crippen LogP contribution in [0.15, 0.2) is 28.8 Å². The van der Waals surface area contributed by atoms with Crippen LogP contribution in [0.25, 0.3) is 0 Å². The molecule has 2 amide bonds. The number of hydrogen-bond acceptors (Lipinski definition) is 4. The second-order valence-corrected chi connectivity index (χ2v) is 6.48. The number of fused-ring (bicyclic) bond motifs is 1. The molecule has 0 saturated heterocycles. The predicted molar refractivity (Wildman–Crippen MR) is 88.8 cm³/mol. The third-order valence-corrected chi connectivity index (χ3v) is 4.10. The molecule has 0 saturated carbocycles. The molecule has 0 fully saturated rings. The van der Waals surface area contributed by atoms with E-state index in [2.05, 4.69) is 15.8 Å². The zero-order valence-corrected chi connectivity index (χ0v) is 14.1. The largest absolute Gasteiger partial charge is 0.360 e. The van der Waals surface area contributed by atoms with E-state index in [1.165, 1.54) is 18.2 Å². The molecular formula is C18H20FN3O3. The molecule has 3 rings (SSSR count). The number of carbonyl (C=O) groups is 2. The summed E-state index contributed by atoms with van der Waals surface area (Å²) in [6.45, 7) is 3.74. The van der Waals surface area contributed by atoms with E-state index in [0.29, 0.717) is 25.0 Å². The van der Waals surface area contributed by atoms with Crippen LogP contribution >= 0.6 is 0 Å². The highest BCUT2D eigenvalue weighted by Gasteiger charge is 2.29. The molecule has 1 heterocycles. The lowest BCUT2D eigenvalue weighted by molar-refractivity contribution is 0.0928. The van der Waals surface area contributed by atoms with Crippen molar-refractivity contribution in [2.45, 2.75) is 45.2 Å². The van der Waals surface area contributed by atoms with E-state index < -0.39 is 5.82 Å². The van der Waals surface area contributed by atoms with E-state index in [9.17, 15) is 14.0 Å². The van der Waals surface area contributed by atoms with Gasteiger partial charge in [-0.3, -0.25) is 9.59 Å². The number of halogens is 1. The molecule has 7 heteroatoms. The number of aryl methyl sites for hydroxylation is 1. The van der Waals surface area contributed by atoms with Crippen molar-refractivity contribution in [1.29, 1.82) is 0 Å². The first kappa shape index (κ1) is 17.1. The fourth-order valence-electron chi connectivity index (χ4n) is 2.93. The summed E-state index contributed by atoms with van der Waals surface area (Å²) in [7, 11) is 0. The molecule has 0 radical (unpaired) electrons. The number of aromatic nitrogens is 1. The highest BCUT2D eigenvalue weighted by atomic mass is 19.1. The fourth-order valence-corrected chi connectivity index (χ4v) is 2.93. The number of carbonyl (C=O) groups excluding carboxylic acids is 2. The third-order valence-electron chi connectivity index (χ3n) is 4.10. The number of hydrogen-bond donors (Lipinski definition) is 2. The highest BCUT2D eigenvalue weighted by Crippen LogP contribution is 2.25. The molecule has 2 N–H and O–H groups in total. The first-order valence-electron chi connectivity index (χ1n) is 8.28. The molecule has 2 aromatic rings. The Hall–Kier alpha value is -2.70. The quantitative estimate of drug-likeness (QED) is 0.890. The van der Waals surface area contributed by atoms with Crippen molar-refractivity contribution in [1.82, 2.24) is 15.8 Å². The van der Waals surface area contributed by atoms with Crippen LogP contribution in [0, 0.1) is 5.82 Å². The molecule has 1 aliphatic rings. The van der Waals surface area contributed by atoms with Crippen LogP contribution in [0.5, 0.6) is 0 Å². The monoisotopic (exact) mass is 345 g/mol. The van der Waals surface area contributed by atoms with Crippen molar-refractivity contribution in [2.24, 2.45) is 0 Å². The standard InChI is InChI=1S/C18H20FN3O3/c1-10(2)20-18(24)16-14-9-13(6-7-15(14)25-22-16)21-17(23)11-4-3-5-12(19)8-11/h3-5,8,10,13H,6-7,9H2,1-2H3,(H,20,24)(H,21,23). The van der Waals surface area contributed by atoms with Gasteiger partial charge < -0.3 is 15.2 Å². The summed E-state index contributed by atoms with van der Waals surface area (Å²) in [5.41, 5.74) is 1.27. The van der Waals surface area contributed by atoms with Crippen molar-refractivity contribution >= 4 is 11.8 Å². The van der Waals surface area contributed by atoms with Gasteiger partial charge in [0.2, 0.25) is 0 Å². The Morgan fingerprint density at radius 3 is 2.84 bits per heavy atom. The number of benzene rings is 1. The maximum absolute atomic E-state index is 13.3. The van der Waals surface area contributed by atoms with Gasteiger partial charge >= 0.3 is 0 Å². The molecule has 1 aliphatic carbocycles. The molecule has 25 heavy (non-hydrogen) atoms. The van der Waals surface area contributed by atoms with Crippen molar-refractivity contribution < 1.29 is 18.5 Å². The number of nitrogens with one attached hydrogen (secondary N) is 2. The molecule has 1 aromatic heterocycles. The molecule has 0 bridgehead atoms. The van der Waals surface area contributed by atoms with E-state index in [1.54, 1.807) is 6.07 Å². The van der Waals surface area contributed by atoms with E-state index in [1.807, 2.05) is 13.8 Å². The van der Waals surface area contributed by atoms with Gasteiger partial charge in [-0.1, -0.05) is 11.2 Å². The smallest absolute Gasteiger partial charge is 0.273 e. The third kappa shape index (κ3) is 3.87. The minimum atomic E-state index is -0.453. The summed E-state index contributed by atoms with van der Waals surface area (Å²) < 4.78 is 18.5. The van der Waals surface area contributed by atoms with Crippen LogP contribution in [0.1, 0.15) is 52.4 Å². The summed E-state index contributed by atoms with van der Waals surface area (Å²) in [5.74, 6) is -0.384. The van der Waals surface area contributed by atoms with Gasteiger partial charge in [0.25, 0.3) is 11.8 Å². The van der Waals surface area contributed by atoms with Crippen LogP contribution in [0.3, 0.4) is 0 Å². The lowest BCUT2D eigenvalue weighted by Gasteiger charge is -2.22. The van der Waals surface area contributed by atoms with Gasteiger partial charge in [-0.2, -0.15) is 0 Å². The molecular weight excluding hydrogens is 325 g/mol. The molecule has 1 atom stereocenters. The summed E-state index contributed by atoms with van der Waals surface area (Å²) in [6.07, 6.45) is 1.72. The lowest BCUT2D eigenvalue weighted by atomic mass is 9.91. The van der Waals surface area contributed by atoms with E-state index in [-0.39, 0.29) is 35.2 Å². The number of rotatable bonds is 4. The van der Waals surface area contributed by atoms with E-state index >= 15 is 0 Å². The molecule has 0 aliphatic heterocycles. The normalized spacial score (nSPS) is 16.4. The Labute approximate surface area is 144 Å². The Kier molecular flexibility index (Phi) is 4.83. The average Bonchev–Trinajstić information content (AvgIpc) is 2.97. The Morgan fingerprint density at radius 2 is 2.12 bits per heavy atom. The summed E-state index contributed by atoms with van der Waals surface area (Å²) in [6, 6.07) is 5.39. The van der Waals surface area contributed by atoms with E-state index in [4.69, 9.17) is 4.52 Å². The minimum absolute atomic E-state index is 0.00748. The van der Waals surface area contributed by atoms with Crippen molar-refractivity contribution in [3.63, 3.8) is 0 Å². The summed E-state index contributed by atoms with van der Waals surface area (Å²) >= 11 is 0. The summed E-state index contributed by atoms with van der Waals surface area (Å²) in [4.78, 5) is 24.5. The minimum Gasteiger partial charge on any atom is -0.360 e. The van der Waals surface area contributed by atoms with Crippen LogP contribution in [-0.4, -0.2) is 29.1 Å². The fraction of sp³-hybridized carbons (Fsp3) is 0.389. The second-order valence-electron chi connectivity index (χ2n) is 6.48. The highest BCUT2D eigenvalue weighted by molar-refractivity contribution is 5.95. The summed E-state index contributed by atoms with van der Waals surface area (Å²) in [5, 5.41) is 9.57. The lowest BCUT2D eigenvalue weighted by Crippen LogP contribution is -2.39. The maximum Gasteiger partial charge on any atom is 0.273 e. The average molecular weight is 345 g/mol. The first-order chi connectivity index (χ1) is 11.9. The zero-order chi connectivity index (χ0) is 18.0. The van der Waals surface area contributed by atoms with Gasteiger partial charge in [-0.05, 0) is 44.9 Å². The molecule has 1 aromatic carbocycles. The zero-order valence-electron chi connectivity index (χ0n) is 14.1. The Balaban J connectivity index is 1.71. The maximum atomic E-state index is 13.3. The van der Waals surface area contributed by atoms with Crippen molar-refractivity contribution in [3.8, 4) is 0 Å². The first-order valence-corrected chi connectivity index (χ1v) is 8.28. The van der Waals surface area contributed by atoms with Gasteiger partial charge in [-0.25, -0.2) is 4.39 Å². The SMILES string of the molecule is CC(C)NC(=O)c1noc2c1CC(NC(=O)c1cccc(F)c1)CC2. The van der Waals surface area contributed by atoms with Crippen LogP contribution in [-0.2, 0) is 12.8 Å². The van der Waals surface area contributed by atoms with Crippen molar-refractivity contribution in [2.75, 3.05) is 0 Å². The van der Waals surface area contributed by atoms with Gasteiger partial charge in [0.05, 0.1) is 0 Å². The van der Waals surface area contributed by atoms with Crippen LogP contribution < -0.4 is 10.6 Å². The molecule has 6 nitrogen and oxygen atoms in total. The van der Waals surface area contributed by atoms with Gasteiger partial charge in [-0.15, -0.1) is 0 Å². The van der Waals surface area contributed by atoms with Crippen molar-refractivity contribution in [3.05, 3.63) is 52.7 Å². The predicted octanol–water partition coefficient (Wildman–Crippen LogP) is 2.24. The van der Waals surface area contributed by atoms with Crippen LogP contribution in [0.2, 0.25) is 0 Å². The van der Waals surface area contributed by atoms with Gasteiger partial charge in [0, 0.05) is 29.6 Å². The Bertz CT molecular complexity index is 801. The Morgan fingerprint density at radius 1 is 1.32 bits per heavy atom.